The van der Waals surface area contributed by atoms with Crippen LogP contribution in [-0.2, 0) is 14.3 Å². The number of carbonyl (C=O) groups excluding carboxylic acids is 4. The van der Waals surface area contributed by atoms with Gasteiger partial charge in [-0.1, -0.05) is 31.4 Å². The van der Waals surface area contributed by atoms with Crippen molar-refractivity contribution in [2.24, 2.45) is 11.8 Å². The van der Waals surface area contributed by atoms with E-state index in [1.54, 1.807) is 29.2 Å². The molecule has 148 valence electrons. The van der Waals surface area contributed by atoms with Gasteiger partial charge in [-0.2, -0.15) is 0 Å². The van der Waals surface area contributed by atoms with Crippen molar-refractivity contribution >= 4 is 23.7 Å². The van der Waals surface area contributed by atoms with Crippen molar-refractivity contribution in [3.8, 4) is 0 Å². The molecule has 1 aromatic rings. The molecule has 1 saturated heterocycles. The lowest BCUT2D eigenvalue weighted by Crippen LogP contribution is -2.46. The number of benzene rings is 1. The monoisotopic (exact) mass is 384 g/mol. The van der Waals surface area contributed by atoms with Gasteiger partial charge >= 0.3 is 5.97 Å². The summed E-state index contributed by atoms with van der Waals surface area (Å²) < 4.78 is 5.07. The quantitative estimate of drug-likeness (QED) is 0.584. The van der Waals surface area contributed by atoms with E-state index >= 15 is 0 Å². The van der Waals surface area contributed by atoms with Crippen LogP contribution < -0.4 is 0 Å². The summed E-state index contributed by atoms with van der Waals surface area (Å²) in [7, 11) is 0. The lowest BCUT2D eigenvalue weighted by Gasteiger charge is -2.41. The number of amides is 3. The minimum absolute atomic E-state index is 0.209. The summed E-state index contributed by atoms with van der Waals surface area (Å²) in [5.41, 5.74) is 0.568. The van der Waals surface area contributed by atoms with Crippen molar-refractivity contribution in [1.82, 2.24) is 9.80 Å². The third kappa shape index (κ3) is 3.53. The van der Waals surface area contributed by atoms with Crippen LogP contribution in [0.4, 0.5) is 0 Å². The molecule has 0 N–H and O–H groups in total. The smallest absolute Gasteiger partial charge is 0.326 e. The van der Waals surface area contributed by atoms with Crippen LogP contribution in [0.1, 0.15) is 52.8 Å². The number of rotatable bonds is 4. The van der Waals surface area contributed by atoms with Crippen LogP contribution in [0.2, 0.25) is 0 Å². The van der Waals surface area contributed by atoms with Gasteiger partial charge in [0.1, 0.15) is 6.54 Å². The number of carbonyl (C=O) groups is 4. The summed E-state index contributed by atoms with van der Waals surface area (Å²) in [5.74, 6) is -0.712. The van der Waals surface area contributed by atoms with Crippen molar-refractivity contribution in [1.29, 1.82) is 0 Å². The second kappa shape index (κ2) is 7.73. The summed E-state index contributed by atoms with van der Waals surface area (Å²) in [6, 6.07) is 6.44. The number of hydrogen-bond acceptors (Lipinski definition) is 5. The largest absolute Gasteiger partial charge is 0.454 e. The Labute approximate surface area is 163 Å². The standard InChI is InChI=1S/C21H24N2O5/c24-18(22-10-9-14-5-1-2-6-15(14)11-22)13-28-19(25)12-23-20(26)16-7-3-4-8-17(16)21(23)27/h3-4,7-8,14-15H,1-2,5-6,9-13H2/t14-,15+/m1/s1. The normalized spacial score (nSPS) is 24.0. The number of hydrogen-bond donors (Lipinski definition) is 0. The van der Waals surface area contributed by atoms with Crippen molar-refractivity contribution in [2.45, 2.75) is 32.1 Å². The zero-order valence-corrected chi connectivity index (χ0v) is 15.8. The van der Waals surface area contributed by atoms with E-state index in [9.17, 15) is 19.2 Å². The van der Waals surface area contributed by atoms with Crippen molar-refractivity contribution < 1.29 is 23.9 Å². The number of piperidine rings is 1. The first-order chi connectivity index (χ1) is 13.5. The Hall–Kier alpha value is -2.70. The number of nitrogens with zero attached hydrogens (tertiary/aromatic N) is 2. The zero-order valence-electron chi connectivity index (χ0n) is 15.8. The van der Waals surface area contributed by atoms with Crippen LogP contribution >= 0.6 is 0 Å². The van der Waals surface area contributed by atoms with Gasteiger partial charge in [-0.25, -0.2) is 0 Å². The Balaban J connectivity index is 1.27. The molecule has 1 aliphatic carbocycles. The molecule has 28 heavy (non-hydrogen) atoms. The summed E-state index contributed by atoms with van der Waals surface area (Å²) in [6.45, 7) is 0.610. The van der Waals surface area contributed by atoms with Gasteiger partial charge in [0.05, 0.1) is 11.1 Å². The van der Waals surface area contributed by atoms with E-state index in [2.05, 4.69) is 0 Å². The van der Waals surface area contributed by atoms with Crippen LogP contribution in [-0.4, -0.2) is 59.7 Å². The highest BCUT2D eigenvalue weighted by Crippen LogP contribution is 2.36. The first-order valence-electron chi connectivity index (χ1n) is 9.93. The van der Waals surface area contributed by atoms with E-state index in [4.69, 9.17) is 4.74 Å². The molecular weight excluding hydrogens is 360 g/mol. The van der Waals surface area contributed by atoms with Gasteiger partial charge in [-0.15, -0.1) is 0 Å². The second-order valence-electron chi connectivity index (χ2n) is 7.84. The summed E-state index contributed by atoms with van der Waals surface area (Å²) in [5, 5.41) is 0. The predicted octanol–water partition coefficient (Wildman–Crippen LogP) is 1.86. The fourth-order valence-corrected chi connectivity index (χ4v) is 4.62. The first-order valence-corrected chi connectivity index (χ1v) is 9.93. The average Bonchev–Trinajstić information content (AvgIpc) is 2.97. The molecule has 7 heteroatoms. The van der Waals surface area contributed by atoms with Crippen molar-refractivity contribution in [3.63, 3.8) is 0 Å². The van der Waals surface area contributed by atoms with Gasteiger partial charge in [0.25, 0.3) is 17.7 Å². The average molecular weight is 384 g/mol. The molecule has 0 radical (unpaired) electrons. The lowest BCUT2D eigenvalue weighted by atomic mass is 9.75. The Morgan fingerprint density at radius 2 is 1.61 bits per heavy atom. The Bertz CT molecular complexity index is 786. The molecule has 0 aromatic heterocycles. The third-order valence-corrected chi connectivity index (χ3v) is 6.17. The van der Waals surface area contributed by atoms with E-state index in [0.717, 1.165) is 24.3 Å². The molecule has 3 aliphatic rings. The molecule has 2 atom stereocenters. The van der Waals surface area contributed by atoms with Gasteiger partial charge in [-0.05, 0) is 36.8 Å². The van der Waals surface area contributed by atoms with E-state index < -0.39 is 24.3 Å². The number of ether oxygens (including phenoxy) is 1. The van der Waals surface area contributed by atoms with Gasteiger partial charge in [0.15, 0.2) is 6.61 Å². The number of likely N-dealkylation sites (tertiary alicyclic amines) is 1. The summed E-state index contributed by atoms with van der Waals surface area (Å²) >= 11 is 0. The van der Waals surface area contributed by atoms with E-state index in [-0.39, 0.29) is 23.6 Å². The first kappa shape index (κ1) is 18.7. The molecular formula is C21H24N2O5. The number of esters is 1. The number of fused-ring (bicyclic) bond motifs is 2. The third-order valence-electron chi connectivity index (χ3n) is 6.17. The second-order valence-corrected chi connectivity index (χ2v) is 7.84. The van der Waals surface area contributed by atoms with Gasteiger partial charge in [-0.3, -0.25) is 24.1 Å². The fraction of sp³-hybridized carbons (Fsp3) is 0.524. The van der Waals surface area contributed by atoms with E-state index in [0.29, 0.717) is 18.4 Å². The fourth-order valence-electron chi connectivity index (χ4n) is 4.62. The maximum atomic E-state index is 12.4. The topological polar surface area (TPSA) is 84.0 Å². The van der Waals surface area contributed by atoms with Crippen LogP contribution in [0.15, 0.2) is 24.3 Å². The molecule has 0 unspecified atom stereocenters. The molecule has 2 fully saturated rings. The van der Waals surface area contributed by atoms with Crippen LogP contribution in [0.5, 0.6) is 0 Å². The molecule has 1 aromatic carbocycles. The predicted molar refractivity (Wildman–Crippen MR) is 99.4 cm³/mol. The highest BCUT2D eigenvalue weighted by atomic mass is 16.5. The van der Waals surface area contributed by atoms with Crippen LogP contribution in [0.25, 0.3) is 0 Å². The lowest BCUT2D eigenvalue weighted by molar-refractivity contribution is -0.153. The maximum absolute atomic E-state index is 12.4. The summed E-state index contributed by atoms with van der Waals surface area (Å²) in [4.78, 5) is 51.8. The van der Waals surface area contributed by atoms with Crippen LogP contribution in [0.3, 0.4) is 0 Å². The van der Waals surface area contributed by atoms with Crippen LogP contribution in [0, 0.1) is 11.8 Å². The maximum Gasteiger partial charge on any atom is 0.326 e. The van der Waals surface area contributed by atoms with Gasteiger partial charge < -0.3 is 9.64 Å². The minimum atomic E-state index is -0.754. The molecule has 2 aliphatic heterocycles. The van der Waals surface area contributed by atoms with Gasteiger partial charge in [0, 0.05) is 13.1 Å². The molecule has 0 bridgehead atoms. The SMILES string of the molecule is O=C(CN1C(=O)c2ccccc2C1=O)OCC(=O)N1CC[C@H]2CCCC[C@H]2C1. The molecule has 4 rings (SSSR count). The highest BCUT2D eigenvalue weighted by molar-refractivity contribution is 6.22. The molecule has 0 spiro atoms. The zero-order chi connectivity index (χ0) is 19.7. The van der Waals surface area contributed by atoms with Crippen molar-refractivity contribution in [3.05, 3.63) is 35.4 Å². The van der Waals surface area contributed by atoms with Gasteiger partial charge in [0.2, 0.25) is 0 Å². The van der Waals surface area contributed by atoms with E-state index in [1.165, 1.54) is 19.3 Å². The molecule has 7 nitrogen and oxygen atoms in total. The van der Waals surface area contributed by atoms with Crippen molar-refractivity contribution in [2.75, 3.05) is 26.2 Å². The Morgan fingerprint density at radius 3 is 2.29 bits per heavy atom. The number of imide groups is 1. The molecule has 3 amide bonds. The minimum Gasteiger partial charge on any atom is -0.454 e. The Kier molecular flexibility index (Phi) is 5.15. The van der Waals surface area contributed by atoms with E-state index in [1.807, 2.05) is 0 Å². The molecule has 2 heterocycles. The highest BCUT2D eigenvalue weighted by Gasteiger charge is 2.37. The molecule has 1 saturated carbocycles. The summed E-state index contributed by atoms with van der Waals surface area (Å²) in [6.07, 6.45) is 5.93. The Morgan fingerprint density at radius 1 is 0.964 bits per heavy atom.